The number of nitrogens with one attached hydrogen (secondary N) is 3. The average Bonchev–Trinajstić information content (AvgIpc) is 3.71. The molecule has 2 aromatic carbocycles. The second-order valence-corrected chi connectivity index (χ2v) is 11.2. The Morgan fingerprint density at radius 3 is 2.54 bits per heavy atom. The standard InChI is InChI=1S/C28H28Cl2N8O3.C2HF3O2/c1-41-28(40)32-20-10-11-21-17(15-20)6-4-2-3-5-7-22(27-34-25(21)26(30)35-27)33-24(39)13-8-18-14-19(29)9-12-23(18)38-16-31-36-37-38;3-2(4,5)1(6)7/h8-16,22H,2-7H2,1H3,(H,32,40)(H,33,39)(H,34,35);(H,6,7)/b13-8+;/t22-;/m0./s1. The SMILES string of the molecule is COC(=O)Nc1ccc2c(c1)CCCCCC[C@H](NC(=O)/C=C/c1cc(Cl)ccc1-n1cnnn1)c1nc-2c(Cl)[nH]1.O=C(O)C(F)(F)F. The van der Waals surface area contributed by atoms with Crippen molar-refractivity contribution < 1.29 is 37.4 Å². The summed E-state index contributed by atoms with van der Waals surface area (Å²) in [5.74, 6) is -2.47. The molecule has 2 amide bonds. The molecule has 5 rings (SSSR count). The lowest BCUT2D eigenvalue weighted by Gasteiger charge is -2.17. The van der Waals surface area contributed by atoms with Gasteiger partial charge >= 0.3 is 18.2 Å². The largest absolute Gasteiger partial charge is 0.490 e. The van der Waals surface area contributed by atoms with Gasteiger partial charge in [-0.15, -0.1) is 5.10 Å². The first-order valence-corrected chi connectivity index (χ1v) is 15.2. The van der Waals surface area contributed by atoms with E-state index in [-0.39, 0.29) is 11.9 Å². The van der Waals surface area contributed by atoms with Crippen LogP contribution in [0.1, 0.15) is 55.1 Å². The summed E-state index contributed by atoms with van der Waals surface area (Å²) in [6.07, 6.45) is 4.37. The molecule has 0 saturated carbocycles. The summed E-state index contributed by atoms with van der Waals surface area (Å²) in [4.78, 5) is 41.7. The molecule has 13 nitrogen and oxygen atoms in total. The van der Waals surface area contributed by atoms with Crippen molar-refractivity contribution in [2.45, 2.75) is 50.7 Å². The van der Waals surface area contributed by atoms with Crippen LogP contribution in [0.4, 0.5) is 23.7 Å². The second kappa shape index (κ2) is 16.2. The minimum absolute atomic E-state index is 0.294. The van der Waals surface area contributed by atoms with E-state index in [1.807, 2.05) is 12.1 Å². The molecule has 18 heteroatoms. The van der Waals surface area contributed by atoms with Crippen LogP contribution in [-0.2, 0) is 20.7 Å². The quantitative estimate of drug-likeness (QED) is 0.167. The van der Waals surface area contributed by atoms with Crippen molar-refractivity contribution in [3.05, 3.63) is 75.9 Å². The molecule has 4 aromatic rings. The predicted molar refractivity (Wildman–Crippen MR) is 170 cm³/mol. The highest BCUT2D eigenvalue weighted by Gasteiger charge is 2.38. The zero-order chi connectivity index (χ0) is 34.8. The van der Waals surface area contributed by atoms with E-state index >= 15 is 0 Å². The van der Waals surface area contributed by atoms with Gasteiger partial charge in [-0.3, -0.25) is 10.1 Å². The van der Waals surface area contributed by atoms with Crippen LogP contribution in [0.15, 0.2) is 48.8 Å². The van der Waals surface area contributed by atoms with Crippen LogP contribution < -0.4 is 10.6 Å². The number of aryl methyl sites for hydroxylation is 1. The maximum atomic E-state index is 13.1. The van der Waals surface area contributed by atoms with Gasteiger partial charge in [-0.2, -0.15) is 17.9 Å². The third-order valence-electron chi connectivity index (χ3n) is 7.05. The summed E-state index contributed by atoms with van der Waals surface area (Å²) in [6, 6.07) is 10.5. The maximum absolute atomic E-state index is 13.1. The number of rotatable bonds is 5. The average molecular weight is 710 g/mol. The number of anilines is 1. The molecule has 2 bridgehead atoms. The van der Waals surface area contributed by atoms with Crippen LogP contribution >= 0.6 is 23.2 Å². The summed E-state index contributed by atoms with van der Waals surface area (Å²) >= 11 is 12.9. The van der Waals surface area contributed by atoms with Crippen molar-refractivity contribution in [2.24, 2.45) is 0 Å². The van der Waals surface area contributed by atoms with Crippen molar-refractivity contribution in [2.75, 3.05) is 12.4 Å². The van der Waals surface area contributed by atoms with E-state index in [4.69, 9.17) is 42.8 Å². The fraction of sp³-hybridized carbons (Fsp3) is 0.300. The highest BCUT2D eigenvalue weighted by Crippen LogP contribution is 2.34. The molecule has 0 spiro atoms. The summed E-state index contributed by atoms with van der Waals surface area (Å²) in [7, 11) is 1.32. The minimum atomic E-state index is -5.08. The number of ether oxygens (including phenoxy) is 1. The van der Waals surface area contributed by atoms with E-state index in [0.29, 0.717) is 45.1 Å². The predicted octanol–water partition coefficient (Wildman–Crippen LogP) is 6.55. The molecular formula is C30H29Cl2F3N8O5. The number of amides is 2. The zero-order valence-electron chi connectivity index (χ0n) is 25.2. The van der Waals surface area contributed by atoms with Crippen LogP contribution in [-0.4, -0.2) is 66.5 Å². The Labute approximate surface area is 281 Å². The lowest BCUT2D eigenvalue weighted by molar-refractivity contribution is -0.192. The Bertz CT molecular complexity index is 1780. The van der Waals surface area contributed by atoms with E-state index < -0.39 is 18.2 Å². The molecule has 0 saturated heterocycles. The number of tetrazole rings is 1. The van der Waals surface area contributed by atoms with Gasteiger partial charge in [0, 0.05) is 27.9 Å². The second-order valence-electron chi connectivity index (χ2n) is 10.4. The first kappa shape index (κ1) is 35.9. The monoisotopic (exact) mass is 708 g/mol. The number of carboxylic acids is 1. The van der Waals surface area contributed by atoms with Crippen LogP contribution in [0, 0.1) is 0 Å². The number of methoxy groups -OCH3 is 1. The molecule has 3 heterocycles. The fourth-order valence-corrected chi connectivity index (χ4v) is 5.23. The highest BCUT2D eigenvalue weighted by atomic mass is 35.5. The number of nitrogens with zero attached hydrogens (tertiary/aromatic N) is 5. The Morgan fingerprint density at radius 1 is 1.10 bits per heavy atom. The first-order chi connectivity index (χ1) is 22.8. The van der Waals surface area contributed by atoms with Crippen LogP contribution in [0.3, 0.4) is 0 Å². The Hall–Kier alpha value is -4.96. The van der Waals surface area contributed by atoms with E-state index in [1.54, 1.807) is 30.3 Å². The van der Waals surface area contributed by atoms with Crippen molar-refractivity contribution in [1.82, 2.24) is 35.5 Å². The fourth-order valence-electron chi connectivity index (χ4n) is 4.81. The Morgan fingerprint density at radius 2 is 1.85 bits per heavy atom. The van der Waals surface area contributed by atoms with Gasteiger partial charge in [0.25, 0.3) is 0 Å². The molecule has 0 radical (unpaired) electrons. The van der Waals surface area contributed by atoms with Crippen molar-refractivity contribution in [3.8, 4) is 16.9 Å². The maximum Gasteiger partial charge on any atom is 0.490 e. The number of aromatic nitrogens is 6. The number of aliphatic carboxylic acids is 1. The molecule has 254 valence electrons. The van der Waals surface area contributed by atoms with Crippen LogP contribution in [0.2, 0.25) is 10.2 Å². The van der Waals surface area contributed by atoms with Gasteiger partial charge in [-0.25, -0.2) is 14.6 Å². The molecule has 0 aliphatic carbocycles. The lowest BCUT2D eigenvalue weighted by Crippen LogP contribution is -2.27. The number of alkyl halides is 3. The number of carbonyl (C=O) groups is 3. The van der Waals surface area contributed by atoms with Gasteiger partial charge in [0.15, 0.2) is 0 Å². The van der Waals surface area contributed by atoms with Gasteiger partial charge in [-0.05, 0) is 71.7 Å². The first-order valence-electron chi connectivity index (χ1n) is 14.4. The molecule has 1 aliphatic rings. The number of H-pyrrole nitrogens is 1. The molecule has 1 aliphatic heterocycles. The normalized spacial score (nSPS) is 14.8. The molecule has 48 heavy (non-hydrogen) atoms. The molecule has 1 atom stereocenters. The Kier molecular flexibility index (Phi) is 12.1. The number of carboxylic acid groups (broad SMARTS) is 1. The van der Waals surface area contributed by atoms with Gasteiger partial charge in [-0.1, -0.05) is 48.5 Å². The summed E-state index contributed by atoms with van der Waals surface area (Å²) in [5.41, 5.74) is 4.48. The number of carbonyl (C=O) groups excluding carboxylic acids is 2. The number of hydrogen-bond acceptors (Lipinski definition) is 8. The van der Waals surface area contributed by atoms with E-state index in [2.05, 4.69) is 31.1 Å². The summed E-state index contributed by atoms with van der Waals surface area (Å²) in [6.45, 7) is 0. The third kappa shape index (κ3) is 9.78. The number of fused-ring (bicyclic) bond motifs is 4. The number of halogens is 5. The smallest absolute Gasteiger partial charge is 0.475 e. The van der Waals surface area contributed by atoms with E-state index in [0.717, 1.165) is 43.2 Å². The van der Waals surface area contributed by atoms with Crippen LogP contribution in [0.25, 0.3) is 23.0 Å². The van der Waals surface area contributed by atoms with Gasteiger partial charge in [0.05, 0.1) is 18.8 Å². The van der Waals surface area contributed by atoms with Gasteiger partial charge in [0.1, 0.15) is 23.0 Å². The molecular weight excluding hydrogens is 680 g/mol. The molecule has 0 unspecified atom stereocenters. The van der Waals surface area contributed by atoms with Crippen molar-refractivity contribution in [1.29, 1.82) is 0 Å². The number of imidazole rings is 1. The van der Waals surface area contributed by atoms with Crippen molar-refractivity contribution in [3.63, 3.8) is 0 Å². The van der Waals surface area contributed by atoms with Gasteiger partial charge < -0.3 is 20.1 Å². The van der Waals surface area contributed by atoms with E-state index in [9.17, 15) is 22.8 Å². The van der Waals surface area contributed by atoms with Crippen molar-refractivity contribution >= 4 is 52.9 Å². The number of hydrogen-bond donors (Lipinski definition) is 4. The topological polar surface area (TPSA) is 177 Å². The number of aromatic amines is 1. The summed E-state index contributed by atoms with van der Waals surface area (Å²) in [5, 5.41) is 25.1. The van der Waals surface area contributed by atoms with Gasteiger partial charge in [0.2, 0.25) is 5.91 Å². The minimum Gasteiger partial charge on any atom is -0.475 e. The summed E-state index contributed by atoms with van der Waals surface area (Å²) < 4.78 is 38.0. The zero-order valence-corrected chi connectivity index (χ0v) is 26.7. The molecule has 4 N–H and O–H groups in total. The number of benzene rings is 2. The lowest BCUT2D eigenvalue weighted by atomic mass is 9.97. The molecule has 0 fully saturated rings. The molecule has 2 aromatic heterocycles. The highest BCUT2D eigenvalue weighted by molar-refractivity contribution is 6.32. The Balaban J connectivity index is 0.000000671. The third-order valence-corrected chi connectivity index (χ3v) is 7.56. The van der Waals surface area contributed by atoms with Crippen LogP contribution in [0.5, 0.6) is 0 Å². The van der Waals surface area contributed by atoms with E-state index in [1.165, 1.54) is 24.2 Å².